The summed E-state index contributed by atoms with van der Waals surface area (Å²) in [6.45, 7) is 8.27. The molecular formula is C35H37NO5. The van der Waals surface area contributed by atoms with E-state index in [4.69, 9.17) is 14.2 Å². The van der Waals surface area contributed by atoms with Crippen LogP contribution < -0.4 is 4.74 Å². The van der Waals surface area contributed by atoms with Gasteiger partial charge < -0.3 is 19.1 Å². The van der Waals surface area contributed by atoms with Crippen LogP contribution in [0.25, 0.3) is 10.8 Å². The number of fused-ring (bicyclic) bond motifs is 2. The number of carbonyl (C=O) groups is 2. The fourth-order valence-corrected chi connectivity index (χ4v) is 5.52. The first-order valence-corrected chi connectivity index (χ1v) is 14.0. The topological polar surface area (TPSA) is 65.1 Å². The van der Waals surface area contributed by atoms with E-state index in [0.29, 0.717) is 25.1 Å². The van der Waals surface area contributed by atoms with Crippen LogP contribution in [0.5, 0.6) is 5.75 Å². The van der Waals surface area contributed by atoms with E-state index in [1.807, 2.05) is 76.2 Å². The number of hydrogen-bond acceptors (Lipinski definition) is 5. The molecule has 1 amide bonds. The first-order valence-electron chi connectivity index (χ1n) is 14.0. The van der Waals surface area contributed by atoms with Gasteiger partial charge in [0.2, 0.25) is 0 Å². The van der Waals surface area contributed by atoms with Crippen molar-refractivity contribution in [1.29, 1.82) is 0 Å². The highest BCUT2D eigenvalue weighted by atomic mass is 16.6. The minimum atomic E-state index is -0.636. The monoisotopic (exact) mass is 551 g/mol. The predicted molar refractivity (Wildman–Crippen MR) is 160 cm³/mol. The van der Waals surface area contributed by atoms with Gasteiger partial charge in [-0.2, -0.15) is 0 Å². The van der Waals surface area contributed by atoms with Gasteiger partial charge in [0.15, 0.2) is 0 Å². The molecule has 212 valence electrons. The number of hydrogen-bond donors (Lipinski definition) is 0. The summed E-state index contributed by atoms with van der Waals surface area (Å²) < 4.78 is 17.4. The molecule has 0 aliphatic carbocycles. The maximum Gasteiger partial charge on any atom is 0.410 e. The van der Waals surface area contributed by atoms with Crippen LogP contribution in [0.15, 0.2) is 84.9 Å². The largest absolute Gasteiger partial charge is 0.488 e. The zero-order chi connectivity index (χ0) is 29.1. The molecule has 1 aliphatic heterocycles. The molecule has 1 aliphatic rings. The van der Waals surface area contributed by atoms with E-state index in [2.05, 4.69) is 36.4 Å². The number of esters is 1. The van der Waals surface area contributed by atoms with Gasteiger partial charge in [0.25, 0.3) is 0 Å². The van der Waals surface area contributed by atoms with Gasteiger partial charge >= 0.3 is 12.1 Å². The Morgan fingerprint density at radius 3 is 2.46 bits per heavy atom. The van der Waals surface area contributed by atoms with Crippen LogP contribution in [0.4, 0.5) is 4.79 Å². The van der Waals surface area contributed by atoms with Crippen molar-refractivity contribution in [1.82, 2.24) is 4.90 Å². The lowest BCUT2D eigenvalue weighted by molar-refractivity contribution is 0.0129. The minimum Gasteiger partial charge on any atom is -0.488 e. The zero-order valence-electron chi connectivity index (χ0n) is 24.3. The molecule has 0 bridgehead atoms. The molecule has 0 spiro atoms. The fourth-order valence-electron chi connectivity index (χ4n) is 5.52. The number of aryl methyl sites for hydroxylation is 1. The molecule has 0 radical (unpaired) electrons. The Morgan fingerprint density at radius 2 is 1.68 bits per heavy atom. The van der Waals surface area contributed by atoms with Crippen molar-refractivity contribution in [3.63, 3.8) is 0 Å². The molecule has 0 fully saturated rings. The molecular weight excluding hydrogens is 514 g/mol. The van der Waals surface area contributed by atoms with Gasteiger partial charge in [-0.05, 0) is 73.7 Å². The smallest absolute Gasteiger partial charge is 0.410 e. The van der Waals surface area contributed by atoms with Crippen LogP contribution in [0.3, 0.4) is 0 Å². The predicted octanol–water partition coefficient (Wildman–Crippen LogP) is 7.66. The van der Waals surface area contributed by atoms with Crippen LogP contribution in [-0.4, -0.2) is 42.3 Å². The highest BCUT2D eigenvalue weighted by Gasteiger charge is 2.33. The maximum absolute atomic E-state index is 13.6. The Kier molecular flexibility index (Phi) is 8.02. The molecule has 2 atom stereocenters. The van der Waals surface area contributed by atoms with Crippen LogP contribution >= 0.6 is 0 Å². The molecule has 6 heteroatoms. The molecule has 0 saturated carbocycles. The first kappa shape index (κ1) is 28.2. The van der Waals surface area contributed by atoms with Crippen molar-refractivity contribution < 1.29 is 23.8 Å². The SMILES string of the molecule is COC(=O)c1cc(C2C[C@H](CN(Cc3cccc4ccccc34)C(=O)OC(C)(C)C)Oc3ccccc32)ccc1C. The number of amides is 1. The third-order valence-electron chi connectivity index (χ3n) is 7.47. The Hall–Kier alpha value is -4.32. The lowest BCUT2D eigenvalue weighted by Gasteiger charge is -2.36. The van der Waals surface area contributed by atoms with Gasteiger partial charge in [-0.3, -0.25) is 0 Å². The zero-order valence-corrected chi connectivity index (χ0v) is 24.3. The van der Waals surface area contributed by atoms with Crippen molar-refractivity contribution in [2.24, 2.45) is 0 Å². The average molecular weight is 552 g/mol. The van der Waals surface area contributed by atoms with Crippen molar-refractivity contribution in [2.45, 2.75) is 58.3 Å². The van der Waals surface area contributed by atoms with Gasteiger partial charge in [0, 0.05) is 18.0 Å². The van der Waals surface area contributed by atoms with Gasteiger partial charge in [-0.25, -0.2) is 9.59 Å². The second-order valence-electron chi connectivity index (χ2n) is 11.6. The standard InChI is InChI=1S/C35H37NO5/c1-23-17-18-25(19-30(23)33(37)39-5)31-20-27(40-32-16-9-8-15-29(31)32)22-36(34(38)41-35(2,3)4)21-26-13-10-12-24-11-6-7-14-28(24)26/h6-19,27,31H,20-22H2,1-5H3/t27-,31?/m1/s1. The van der Waals surface area contributed by atoms with Crippen molar-refractivity contribution >= 4 is 22.8 Å². The highest BCUT2D eigenvalue weighted by Crippen LogP contribution is 2.41. The minimum absolute atomic E-state index is 0.0213. The number of para-hydroxylation sites is 1. The lowest BCUT2D eigenvalue weighted by Crippen LogP contribution is -2.43. The highest BCUT2D eigenvalue weighted by molar-refractivity contribution is 5.91. The molecule has 41 heavy (non-hydrogen) atoms. The van der Waals surface area contributed by atoms with E-state index in [1.165, 1.54) is 7.11 Å². The third kappa shape index (κ3) is 6.37. The normalized spacial score (nSPS) is 16.4. The summed E-state index contributed by atoms with van der Waals surface area (Å²) in [5.41, 5.74) is 3.89. The Labute approximate surface area is 241 Å². The quantitative estimate of drug-likeness (QED) is 0.230. The fraction of sp³-hybridized carbons (Fsp3) is 0.314. The third-order valence-corrected chi connectivity index (χ3v) is 7.47. The number of benzene rings is 4. The summed E-state index contributed by atoms with van der Waals surface area (Å²) in [5, 5.41) is 2.23. The molecule has 1 unspecified atom stereocenters. The molecule has 6 nitrogen and oxygen atoms in total. The number of nitrogens with zero attached hydrogens (tertiary/aromatic N) is 1. The van der Waals surface area contributed by atoms with Crippen LogP contribution in [0.1, 0.15) is 65.7 Å². The Bertz CT molecular complexity index is 1570. The summed E-state index contributed by atoms with van der Waals surface area (Å²) >= 11 is 0. The van der Waals surface area contributed by atoms with Gasteiger partial charge in [0.05, 0.1) is 19.2 Å². The average Bonchev–Trinajstić information content (AvgIpc) is 2.95. The Balaban J connectivity index is 1.48. The maximum atomic E-state index is 13.6. The second-order valence-corrected chi connectivity index (χ2v) is 11.6. The van der Waals surface area contributed by atoms with Gasteiger partial charge in [-0.1, -0.05) is 72.8 Å². The molecule has 4 aromatic carbocycles. The molecule has 1 heterocycles. The van der Waals surface area contributed by atoms with Crippen molar-refractivity contribution in [3.05, 3.63) is 113 Å². The number of ether oxygens (including phenoxy) is 3. The van der Waals surface area contributed by atoms with E-state index in [-0.39, 0.29) is 24.1 Å². The van der Waals surface area contributed by atoms with E-state index >= 15 is 0 Å². The van der Waals surface area contributed by atoms with Crippen molar-refractivity contribution in [2.75, 3.05) is 13.7 Å². The number of methoxy groups -OCH3 is 1. The lowest BCUT2D eigenvalue weighted by atomic mass is 9.83. The molecule has 4 aromatic rings. The van der Waals surface area contributed by atoms with E-state index in [1.54, 1.807) is 4.90 Å². The summed E-state index contributed by atoms with van der Waals surface area (Å²) in [4.78, 5) is 27.8. The summed E-state index contributed by atoms with van der Waals surface area (Å²) in [5.74, 6) is 0.405. The van der Waals surface area contributed by atoms with Crippen LogP contribution in [0, 0.1) is 6.92 Å². The first-order chi connectivity index (χ1) is 19.6. The van der Waals surface area contributed by atoms with Crippen molar-refractivity contribution in [3.8, 4) is 5.75 Å². The summed E-state index contributed by atoms with van der Waals surface area (Å²) in [6.07, 6.45) is -0.0387. The second kappa shape index (κ2) is 11.7. The molecule has 5 rings (SSSR count). The number of carbonyl (C=O) groups excluding carboxylic acids is 2. The van der Waals surface area contributed by atoms with Gasteiger partial charge in [-0.15, -0.1) is 0 Å². The number of rotatable bonds is 6. The molecule has 0 saturated heterocycles. The van der Waals surface area contributed by atoms with E-state index in [9.17, 15) is 9.59 Å². The van der Waals surface area contributed by atoms with Crippen LogP contribution in [-0.2, 0) is 16.0 Å². The van der Waals surface area contributed by atoms with E-state index in [0.717, 1.165) is 38.8 Å². The van der Waals surface area contributed by atoms with Gasteiger partial charge in [0.1, 0.15) is 17.5 Å². The van der Waals surface area contributed by atoms with Crippen LogP contribution in [0.2, 0.25) is 0 Å². The summed E-state index contributed by atoms with van der Waals surface area (Å²) in [7, 11) is 1.40. The molecule has 0 aromatic heterocycles. The Morgan fingerprint density at radius 1 is 0.951 bits per heavy atom. The molecule has 0 N–H and O–H groups in total. The van der Waals surface area contributed by atoms with E-state index < -0.39 is 5.60 Å². The summed E-state index contributed by atoms with van der Waals surface area (Å²) in [6, 6.07) is 28.3.